The van der Waals surface area contributed by atoms with Gasteiger partial charge >= 0.3 is 12.0 Å². The van der Waals surface area contributed by atoms with Gasteiger partial charge in [-0.1, -0.05) is 27.7 Å². The fourth-order valence-corrected chi connectivity index (χ4v) is 1.53. The summed E-state index contributed by atoms with van der Waals surface area (Å²) in [6.45, 7) is 10.2. The molecule has 0 aliphatic heterocycles. The number of carboxylic acids is 1. The number of aliphatic carboxylic acids is 1. The molecular formula is C14H28N2O3. The number of nitrogens with one attached hydrogen (secondary N) is 1. The van der Waals surface area contributed by atoms with E-state index in [0.29, 0.717) is 11.8 Å². The highest BCUT2D eigenvalue weighted by atomic mass is 16.4. The van der Waals surface area contributed by atoms with Crippen LogP contribution in [0.2, 0.25) is 0 Å². The van der Waals surface area contributed by atoms with Crippen molar-refractivity contribution in [1.29, 1.82) is 0 Å². The maximum absolute atomic E-state index is 12.0. The first-order valence-electron chi connectivity index (χ1n) is 7.07. The van der Waals surface area contributed by atoms with Gasteiger partial charge in [-0.2, -0.15) is 0 Å². The molecule has 112 valence electrons. The van der Waals surface area contributed by atoms with Crippen LogP contribution in [0.5, 0.6) is 0 Å². The lowest BCUT2D eigenvalue weighted by atomic mass is 10.1. The normalized spacial score (nSPS) is 10.8. The lowest BCUT2D eigenvalue weighted by Gasteiger charge is -2.24. The molecule has 0 aromatic rings. The molecular weight excluding hydrogens is 244 g/mol. The monoisotopic (exact) mass is 272 g/mol. The Morgan fingerprint density at radius 3 is 1.89 bits per heavy atom. The first-order valence-corrected chi connectivity index (χ1v) is 7.07. The fraction of sp³-hybridized carbons (Fsp3) is 0.857. The second kappa shape index (κ2) is 9.64. The van der Waals surface area contributed by atoms with E-state index >= 15 is 0 Å². The van der Waals surface area contributed by atoms with Crippen LogP contribution in [-0.2, 0) is 4.79 Å². The number of amides is 2. The third-order valence-electron chi connectivity index (χ3n) is 2.86. The molecule has 0 saturated heterocycles. The number of carbonyl (C=O) groups excluding carboxylic acids is 1. The summed E-state index contributed by atoms with van der Waals surface area (Å²) in [6.07, 6.45) is 1.89. The van der Waals surface area contributed by atoms with Gasteiger partial charge in [0.25, 0.3) is 0 Å². The number of nitrogens with zero attached hydrogens (tertiary/aromatic N) is 1. The fourth-order valence-electron chi connectivity index (χ4n) is 1.53. The summed E-state index contributed by atoms with van der Waals surface area (Å²) in [4.78, 5) is 24.2. The van der Waals surface area contributed by atoms with Gasteiger partial charge < -0.3 is 15.3 Å². The highest BCUT2D eigenvalue weighted by molar-refractivity contribution is 5.75. The lowest BCUT2D eigenvalue weighted by Crippen LogP contribution is -2.42. The smallest absolute Gasteiger partial charge is 0.317 e. The van der Waals surface area contributed by atoms with Gasteiger partial charge in [0.2, 0.25) is 0 Å². The predicted octanol–water partition coefficient (Wildman–Crippen LogP) is 2.56. The third kappa shape index (κ3) is 10.4. The second-order valence-corrected chi connectivity index (χ2v) is 5.73. The van der Waals surface area contributed by atoms with E-state index in [0.717, 1.165) is 25.9 Å². The van der Waals surface area contributed by atoms with E-state index < -0.39 is 5.97 Å². The quantitative estimate of drug-likeness (QED) is 0.677. The number of rotatable bonds is 9. The van der Waals surface area contributed by atoms with Crippen molar-refractivity contribution in [3.05, 3.63) is 0 Å². The van der Waals surface area contributed by atoms with Crippen molar-refractivity contribution >= 4 is 12.0 Å². The van der Waals surface area contributed by atoms with E-state index in [1.54, 1.807) is 4.90 Å². The van der Waals surface area contributed by atoms with E-state index in [2.05, 4.69) is 33.0 Å². The van der Waals surface area contributed by atoms with E-state index in [9.17, 15) is 9.59 Å². The van der Waals surface area contributed by atoms with Gasteiger partial charge in [-0.3, -0.25) is 4.79 Å². The molecule has 0 bridgehead atoms. The summed E-state index contributed by atoms with van der Waals surface area (Å²) < 4.78 is 0. The van der Waals surface area contributed by atoms with Crippen LogP contribution in [-0.4, -0.2) is 41.6 Å². The molecule has 2 N–H and O–H groups in total. The van der Waals surface area contributed by atoms with Crippen molar-refractivity contribution < 1.29 is 14.7 Å². The Kier molecular flexibility index (Phi) is 9.00. The third-order valence-corrected chi connectivity index (χ3v) is 2.86. The standard InChI is InChI=1S/C14H28N2O3/c1-11(2)6-9-16(10-7-12(3)4)14(19)15-8-5-13(17)18/h11-12H,5-10H2,1-4H3,(H,15,19)(H,17,18). The maximum atomic E-state index is 12.0. The van der Waals surface area contributed by atoms with Gasteiger partial charge in [0.15, 0.2) is 0 Å². The van der Waals surface area contributed by atoms with E-state index in [1.807, 2.05) is 0 Å². The Bertz CT molecular complexity index is 266. The zero-order valence-electron chi connectivity index (χ0n) is 12.6. The van der Waals surface area contributed by atoms with Crippen molar-refractivity contribution in [2.24, 2.45) is 11.8 Å². The number of hydrogen-bond acceptors (Lipinski definition) is 2. The summed E-state index contributed by atoms with van der Waals surface area (Å²) in [5, 5.41) is 11.2. The van der Waals surface area contributed by atoms with Gasteiger partial charge in [-0.15, -0.1) is 0 Å². The molecule has 0 radical (unpaired) electrons. The molecule has 0 aromatic heterocycles. The van der Waals surface area contributed by atoms with Crippen molar-refractivity contribution in [3.8, 4) is 0 Å². The van der Waals surface area contributed by atoms with Crippen LogP contribution in [0, 0.1) is 11.8 Å². The molecule has 2 amide bonds. The van der Waals surface area contributed by atoms with Crippen LogP contribution < -0.4 is 5.32 Å². The number of carbonyl (C=O) groups is 2. The summed E-state index contributed by atoms with van der Waals surface area (Å²) in [5.74, 6) is 0.206. The lowest BCUT2D eigenvalue weighted by molar-refractivity contribution is -0.136. The molecule has 0 rings (SSSR count). The topological polar surface area (TPSA) is 69.6 Å². The van der Waals surface area contributed by atoms with Crippen molar-refractivity contribution in [3.63, 3.8) is 0 Å². The maximum Gasteiger partial charge on any atom is 0.317 e. The first kappa shape index (κ1) is 17.7. The SMILES string of the molecule is CC(C)CCN(CCC(C)C)C(=O)NCCC(=O)O. The van der Waals surface area contributed by atoms with Crippen LogP contribution in [0.4, 0.5) is 4.79 Å². The number of hydrogen-bond donors (Lipinski definition) is 2. The van der Waals surface area contributed by atoms with Crippen LogP contribution in [0.25, 0.3) is 0 Å². The Hall–Kier alpha value is -1.26. The number of urea groups is 1. The first-order chi connectivity index (χ1) is 8.82. The molecule has 0 heterocycles. The van der Waals surface area contributed by atoms with Gasteiger partial charge in [0.05, 0.1) is 6.42 Å². The van der Waals surface area contributed by atoms with E-state index in [1.165, 1.54) is 0 Å². The summed E-state index contributed by atoms with van der Waals surface area (Å²) >= 11 is 0. The zero-order chi connectivity index (χ0) is 14.8. The zero-order valence-corrected chi connectivity index (χ0v) is 12.6. The largest absolute Gasteiger partial charge is 0.481 e. The average Bonchev–Trinajstić information content (AvgIpc) is 2.27. The minimum atomic E-state index is -0.892. The van der Waals surface area contributed by atoms with Crippen LogP contribution in [0.1, 0.15) is 47.0 Å². The number of carboxylic acid groups (broad SMARTS) is 1. The molecule has 19 heavy (non-hydrogen) atoms. The van der Waals surface area contributed by atoms with Gasteiger partial charge in [-0.25, -0.2) is 4.79 Å². The molecule has 0 fully saturated rings. The van der Waals surface area contributed by atoms with Crippen molar-refractivity contribution in [2.75, 3.05) is 19.6 Å². The average molecular weight is 272 g/mol. The summed E-state index contributed by atoms with van der Waals surface area (Å²) in [7, 11) is 0. The minimum Gasteiger partial charge on any atom is -0.481 e. The van der Waals surface area contributed by atoms with Crippen molar-refractivity contribution in [1.82, 2.24) is 10.2 Å². The molecule has 0 aliphatic carbocycles. The predicted molar refractivity (Wildman–Crippen MR) is 76.1 cm³/mol. The van der Waals surface area contributed by atoms with Crippen LogP contribution in [0.3, 0.4) is 0 Å². The Morgan fingerprint density at radius 1 is 1.05 bits per heavy atom. The molecule has 0 unspecified atom stereocenters. The van der Waals surface area contributed by atoms with Crippen LogP contribution >= 0.6 is 0 Å². The Labute approximate surface area is 116 Å². The second-order valence-electron chi connectivity index (χ2n) is 5.73. The Balaban J connectivity index is 4.19. The van der Waals surface area contributed by atoms with Crippen molar-refractivity contribution in [2.45, 2.75) is 47.0 Å². The van der Waals surface area contributed by atoms with E-state index in [-0.39, 0.29) is 19.0 Å². The van der Waals surface area contributed by atoms with Gasteiger partial charge in [-0.05, 0) is 24.7 Å². The van der Waals surface area contributed by atoms with E-state index in [4.69, 9.17) is 5.11 Å². The molecule has 5 nitrogen and oxygen atoms in total. The molecule has 0 aromatic carbocycles. The van der Waals surface area contributed by atoms with Gasteiger partial charge in [0, 0.05) is 19.6 Å². The Morgan fingerprint density at radius 2 is 1.53 bits per heavy atom. The highest BCUT2D eigenvalue weighted by Gasteiger charge is 2.14. The summed E-state index contributed by atoms with van der Waals surface area (Å²) in [5.41, 5.74) is 0. The molecule has 0 aliphatic rings. The van der Waals surface area contributed by atoms with Gasteiger partial charge in [0.1, 0.15) is 0 Å². The van der Waals surface area contributed by atoms with Crippen LogP contribution in [0.15, 0.2) is 0 Å². The molecule has 0 spiro atoms. The minimum absolute atomic E-state index is 0.0338. The molecule has 0 atom stereocenters. The summed E-state index contributed by atoms with van der Waals surface area (Å²) in [6, 6.07) is -0.150. The molecule has 0 saturated carbocycles. The highest BCUT2D eigenvalue weighted by Crippen LogP contribution is 2.06. The molecule has 5 heteroatoms.